The van der Waals surface area contributed by atoms with Crippen LogP contribution in [0.4, 0.5) is 0 Å². The molecule has 25 heavy (non-hydrogen) atoms. The van der Waals surface area contributed by atoms with Gasteiger partial charge in [0.25, 0.3) is 0 Å². The van der Waals surface area contributed by atoms with E-state index >= 15 is 0 Å². The Morgan fingerprint density at radius 1 is 1.16 bits per heavy atom. The fraction of sp³-hybridized carbons (Fsp3) is 0.600. The molecule has 0 unspecified atom stereocenters. The molecule has 0 amide bonds. The van der Waals surface area contributed by atoms with E-state index in [4.69, 9.17) is 14.2 Å². The van der Waals surface area contributed by atoms with Crippen molar-refractivity contribution in [2.24, 2.45) is 0 Å². The van der Waals surface area contributed by atoms with Crippen molar-refractivity contribution in [3.63, 3.8) is 0 Å². The molecule has 5 heteroatoms. The minimum atomic E-state index is -0.444. The van der Waals surface area contributed by atoms with Crippen molar-refractivity contribution < 1.29 is 24.6 Å². The number of quaternary nitrogens is 1. The molecule has 0 bridgehead atoms. The Morgan fingerprint density at radius 2 is 2.00 bits per heavy atom. The molecule has 3 N–H and O–H groups in total. The Kier molecular flexibility index (Phi) is 8.80. The number of methoxy groups -OCH3 is 2. The number of hydrogen-bond donors (Lipinski definition) is 2. The number of ether oxygens (including phenoxy) is 3. The molecule has 0 heterocycles. The second-order valence-corrected chi connectivity index (χ2v) is 6.53. The van der Waals surface area contributed by atoms with Crippen LogP contribution in [0.15, 0.2) is 29.8 Å². The third-order valence-electron chi connectivity index (χ3n) is 4.52. The van der Waals surface area contributed by atoms with Crippen molar-refractivity contribution in [2.45, 2.75) is 44.8 Å². The van der Waals surface area contributed by atoms with Crippen LogP contribution >= 0.6 is 0 Å². The third kappa shape index (κ3) is 7.06. The predicted octanol–water partition coefficient (Wildman–Crippen LogP) is 2.04. The first-order valence-electron chi connectivity index (χ1n) is 9.19. The summed E-state index contributed by atoms with van der Waals surface area (Å²) in [6.45, 7) is 2.51. The van der Waals surface area contributed by atoms with Gasteiger partial charge in [0.2, 0.25) is 0 Å². The molecule has 0 aromatic heterocycles. The van der Waals surface area contributed by atoms with Gasteiger partial charge in [0.05, 0.1) is 34.0 Å². The molecule has 1 atom stereocenters. The molecule has 0 aliphatic heterocycles. The Hall–Kier alpha value is -1.56. The van der Waals surface area contributed by atoms with E-state index in [1.165, 1.54) is 25.7 Å². The summed E-state index contributed by atoms with van der Waals surface area (Å²) in [4.78, 5) is 0. The lowest BCUT2D eigenvalue weighted by molar-refractivity contribution is -0.660. The van der Waals surface area contributed by atoms with Crippen molar-refractivity contribution in [2.75, 3.05) is 33.9 Å². The van der Waals surface area contributed by atoms with E-state index in [1.807, 2.05) is 18.2 Å². The molecule has 5 nitrogen and oxygen atoms in total. The van der Waals surface area contributed by atoms with E-state index in [-0.39, 0.29) is 0 Å². The van der Waals surface area contributed by atoms with Crippen molar-refractivity contribution in [1.29, 1.82) is 0 Å². The number of aliphatic hydroxyl groups excluding tert-OH is 1. The lowest BCUT2D eigenvalue weighted by atomic mass is 9.97. The van der Waals surface area contributed by atoms with Gasteiger partial charge in [-0.2, -0.15) is 0 Å². The zero-order chi connectivity index (χ0) is 17.9. The number of benzene rings is 1. The second kappa shape index (κ2) is 11.1. The number of aliphatic hydroxyl groups is 1. The number of allylic oxidation sites excluding steroid dienone is 1. The third-order valence-corrected chi connectivity index (χ3v) is 4.52. The molecular formula is C20H32NO4+. The van der Waals surface area contributed by atoms with Crippen LogP contribution in [0.2, 0.25) is 0 Å². The summed E-state index contributed by atoms with van der Waals surface area (Å²) in [5, 5.41) is 12.2. The number of nitrogens with two attached hydrogens (primary N) is 1. The van der Waals surface area contributed by atoms with Gasteiger partial charge in [-0.1, -0.05) is 17.7 Å². The molecule has 2 rings (SSSR count). The maximum atomic E-state index is 10.0. The molecule has 0 saturated carbocycles. The molecule has 0 saturated heterocycles. The highest BCUT2D eigenvalue weighted by Crippen LogP contribution is 2.27. The summed E-state index contributed by atoms with van der Waals surface area (Å²) >= 11 is 0. The molecule has 1 aromatic carbocycles. The monoisotopic (exact) mass is 350 g/mol. The van der Waals surface area contributed by atoms with Crippen molar-refractivity contribution in [3.8, 4) is 11.5 Å². The van der Waals surface area contributed by atoms with Gasteiger partial charge in [0.1, 0.15) is 12.6 Å². The standard InChI is InChI=1S/C20H31NO4/c1-23-19-9-8-17(12-20(19)24-2)14-25-15-18(22)13-21-11-10-16-6-4-3-5-7-16/h6,8-9,12,18,21-22H,3-5,7,10-11,13-15H2,1-2H3/p+1/t18-/m0/s1. The average molecular weight is 350 g/mol. The van der Waals surface area contributed by atoms with E-state index in [9.17, 15) is 5.11 Å². The second-order valence-electron chi connectivity index (χ2n) is 6.53. The lowest BCUT2D eigenvalue weighted by Gasteiger charge is -2.14. The number of rotatable bonds is 11. The zero-order valence-corrected chi connectivity index (χ0v) is 15.5. The fourth-order valence-corrected chi connectivity index (χ4v) is 3.08. The van der Waals surface area contributed by atoms with E-state index in [0.717, 1.165) is 18.5 Å². The van der Waals surface area contributed by atoms with Crippen molar-refractivity contribution in [1.82, 2.24) is 0 Å². The molecule has 0 fully saturated rings. The van der Waals surface area contributed by atoms with Gasteiger partial charge in [-0.3, -0.25) is 0 Å². The molecule has 0 spiro atoms. The highest BCUT2D eigenvalue weighted by atomic mass is 16.5. The van der Waals surface area contributed by atoms with Crippen LogP contribution in [0.25, 0.3) is 0 Å². The van der Waals surface area contributed by atoms with Gasteiger partial charge in [0, 0.05) is 6.42 Å². The highest BCUT2D eigenvalue weighted by Gasteiger charge is 2.09. The quantitative estimate of drug-likeness (QED) is 0.473. The largest absolute Gasteiger partial charge is 0.493 e. The fourth-order valence-electron chi connectivity index (χ4n) is 3.08. The van der Waals surface area contributed by atoms with Gasteiger partial charge in [0.15, 0.2) is 11.5 Å². The van der Waals surface area contributed by atoms with Gasteiger partial charge in [-0.15, -0.1) is 0 Å². The average Bonchev–Trinajstić information content (AvgIpc) is 2.66. The summed E-state index contributed by atoms with van der Waals surface area (Å²) in [7, 11) is 3.23. The van der Waals surface area contributed by atoms with Gasteiger partial charge < -0.3 is 24.6 Å². The van der Waals surface area contributed by atoms with Crippen LogP contribution in [-0.4, -0.2) is 45.1 Å². The van der Waals surface area contributed by atoms with Gasteiger partial charge >= 0.3 is 0 Å². The summed E-state index contributed by atoms with van der Waals surface area (Å²) in [5.74, 6) is 1.39. The van der Waals surface area contributed by atoms with Crippen molar-refractivity contribution in [3.05, 3.63) is 35.4 Å². The van der Waals surface area contributed by atoms with Crippen LogP contribution in [0.1, 0.15) is 37.7 Å². The molecule has 1 aromatic rings. The van der Waals surface area contributed by atoms with Crippen LogP contribution in [0.3, 0.4) is 0 Å². The topological polar surface area (TPSA) is 64.5 Å². The minimum Gasteiger partial charge on any atom is -0.493 e. The first kappa shape index (κ1) is 19.8. The molecule has 1 aliphatic rings. The van der Waals surface area contributed by atoms with E-state index in [0.29, 0.717) is 31.3 Å². The normalized spacial score (nSPS) is 15.6. The Labute approximate surface area is 151 Å². The molecule has 1 aliphatic carbocycles. The van der Waals surface area contributed by atoms with Gasteiger partial charge in [-0.05, 0) is 43.4 Å². The van der Waals surface area contributed by atoms with E-state index in [2.05, 4.69) is 11.4 Å². The molecule has 0 radical (unpaired) electrons. The summed E-state index contributed by atoms with van der Waals surface area (Å²) in [6, 6.07) is 5.70. The molecular weight excluding hydrogens is 318 g/mol. The zero-order valence-electron chi connectivity index (χ0n) is 15.5. The Balaban J connectivity index is 1.60. The smallest absolute Gasteiger partial charge is 0.161 e. The Morgan fingerprint density at radius 3 is 2.72 bits per heavy atom. The van der Waals surface area contributed by atoms with Crippen LogP contribution in [0, 0.1) is 0 Å². The van der Waals surface area contributed by atoms with Crippen LogP contribution < -0.4 is 14.8 Å². The van der Waals surface area contributed by atoms with E-state index in [1.54, 1.807) is 19.8 Å². The maximum absolute atomic E-state index is 10.0. The van der Waals surface area contributed by atoms with Crippen LogP contribution in [0.5, 0.6) is 11.5 Å². The lowest BCUT2D eigenvalue weighted by Crippen LogP contribution is -2.86. The maximum Gasteiger partial charge on any atom is 0.161 e. The molecule has 140 valence electrons. The first-order chi connectivity index (χ1) is 12.2. The minimum absolute atomic E-state index is 0.341. The van der Waals surface area contributed by atoms with Crippen LogP contribution in [-0.2, 0) is 11.3 Å². The highest BCUT2D eigenvalue weighted by molar-refractivity contribution is 5.42. The summed E-state index contributed by atoms with van der Waals surface area (Å²) in [6.07, 6.45) is 8.24. The first-order valence-corrected chi connectivity index (χ1v) is 9.19. The Bertz CT molecular complexity index is 544. The number of hydrogen-bond acceptors (Lipinski definition) is 4. The SMILES string of the molecule is COc1ccc(COC[C@@H](O)C[NH2+]CCC2=CCCCC2)cc1OC. The summed E-state index contributed by atoms with van der Waals surface area (Å²) in [5.41, 5.74) is 2.58. The van der Waals surface area contributed by atoms with Crippen molar-refractivity contribution >= 4 is 0 Å². The predicted molar refractivity (Wildman–Crippen MR) is 98.0 cm³/mol. The summed E-state index contributed by atoms with van der Waals surface area (Å²) < 4.78 is 16.1. The van der Waals surface area contributed by atoms with E-state index < -0.39 is 6.10 Å². The van der Waals surface area contributed by atoms with Gasteiger partial charge in [-0.25, -0.2) is 0 Å².